The first-order chi connectivity index (χ1) is 11.6. The summed E-state index contributed by atoms with van der Waals surface area (Å²) in [5.74, 6) is -0.129. The van der Waals surface area contributed by atoms with Gasteiger partial charge in [0.1, 0.15) is 6.04 Å². The zero-order valence-corrected chi connectivity index (χ0v) is 13.3. The summed E-state index contributed by atoms with van der Waals surface area (Å²) >= 11 is 5.76. The number of nitrogens with zero attached hydrogens (tertiary/aromatic N) is 4. The second-order valence-corrected chi connectivity index (χ2v) is 5.76. The highest BCUT2D eigenvalue weighted by Gasteiger charge is 2.31. The first kappa shape index (κ1) is 16.1. The fraction of sp³-hybridized carbons (Fsp3) is 0.267. The van der Waals surface area contributed by atoms with Gasteiger partial charge in [0.25, 0.3) is 0 Å². The molecule has 0 aliphatic carbocycles. The monoisotopic (exact) mass is 347 g/mol. The number of nitro groups is 1. The number of halogens is 1. The van der Waals surface area contributed by atoms with E-state index in [2.05, 4.69) is 15.3 Å². The first-order valence-electron chi connectivity index (χ1n) is 7.34. The zero-order valence-electron chi connectivity index (χ0n) is 12.6. The Bertz CT molecular complexity index is 771. The summed E-state index contributed by atoms with van der Waals surface area (Å²) < 4.78 is 0. The van der Waals surface area contributed by atoms with Crippen LogP contribution in [0.1, 0.15) is 12.8 Å². The largest absolute Gasteiger partial charge is 0.353 e. The average molecular weight is 348 g/mol. The van der Waals surface area contributed by atoms with E-state index in [1.165, 1.54) is 12.3 Å². The summed E-state index contributed by atoms with van der Waals surface area (Å²) in [5, 5.41) is 14.2. The molecule has 0 radical (unpaired) electrons. The molecule has 0 unspecified atom stereocenters. The Morgan fingerprint density at radius 3 is 2.96 bits per heavy atom. The molecule has 0 spiro atoms. The van der Waals surface area contributed by atoms with Crippen molar-refractivity contribution in [3.05, 3.63) is 51.9 Å². The van der Waals surface area contributed by atoms with Crippen LogP contribution in [-0.2, 0) is 4.79 Å². The number of hydrogen-bond donors (Lipinski definition) is 1. The molecule has 1 saturated heterocycles. The molecule has 1 amide bonds. The minimum absolute atomic E-state index is 0.0378. The Kier molecular flexibility index (Phi) is 4.57. The molecule has 8 nitrogen and oxygen atoms in total. The second kappa shape index (κ2) is 6.79. The highest BCUT2D eigenvalue weighted by atomic mass is 35.5. The third kappa shape index (κ3) is 3.28. The Morgan fingerprint density at radius 1 is 1.42 bits per heavy atom. The molecule has 2 aromatic heterocycles. The molecule has 1 fully saturated rings. The molecular weight excluding hydrogens is 334 g/mol. The van der Waals surface area contributed by atoms with Crippen molar-refractivity contribution in [2.75, 3.05) is 16.8 Å². The standard InChI is InChI=1S/C15H14ClN5O3/c16-10-7-13(21(23)24)14(18-8-10)19-12-4-2-6-20(15(12)22)11-3-1-5-17-9-11/h1,3,5,7-9,12H,2,4,6H2,(H,18,19)/t12-/m0/s1. The van der Waals surface area contributed by atoms with Gasteiger partial charge in [0, 0.05) is 25.0 Å². The summed E-state index contributed by atoms with van der Waals surface area (Å²) in [6.45, 7) is 0.582. The van der Waals surface area contributed by atoms with Crippen molar-refractivity contribution in [1.29, 1.82) is 0 Å². The van der Waals surface area contributed by atoms with Crippen molar-refractivity contribution in [1.82, 2.24) is 9.97 Å². The fourth-order valence-electron chi connectivity index (χ4n) is 2.62. The minimum Gasteiger partial charge on any atom is -0.353 e. The summed E-state index contributed by atoms with van der Waals surface area (Å²) in [4.78, 5) is 32.9. The first-order valence-corrected chi connectivity index (χ1v) is 7.72. The van der Waals surface area contributed by atoms with Gasteiger partial charge in [-0.15, -0.1) is 0 Å². The van der Waals surface area contributed by atoms with Gasteiger partial charge in [-0.1, -0.05) is 11.6 Å². The normalized spacial score (nSPS) is 17.6. The molecule has 24 heavy (non-hydrogen) atoms. The van der Waals surface area contributed by atoms with Gasteiger partial charge in [0.2, 0.25) is 11.7 Å². The van der Waals surface area contributed by atoms with Gasteiger partial charge in [-0.3, -0.25) is 19.9 Å². The highest BCUT2D eigenvalue weighted by Crippen LogP contribution is 2.28. The maximum absolute atomic E-state index is 12.7. The SMILES string of the molecule is O=C1[C@@H](Nc2ncc(Cl)cc2[N+](=O)[O-])CCCN1c1cccnc1. The van der Waals surface area contributed by atoms with Crippen molar-refractivity contribution in [2.45, 2.75) is 18.9 Å². The van der Waals surface area contributed by atoms with Crippen LogP contribution in [0.5, 0.6) is 0 Å². The quantitative estimate of drug-likeness (QED) is 0.674. The van der Waals surface area contributed by atoms with Crippen LogP contribution >= 0.6 is 11.6 Å². The molecule has 0 saturated carbocycles. The molecule has 1 aliphatic heterocycles. The van der Waals surface area contributed by atoms with Crippen LogP contribution in [0.4, 0.5) is 17.2 Å². The van der Waals surface area contributed by atoms with Gasteiger partial charge < -0.3 is 10.2 Å². The number of piperidine rings is 1. The number of carbonyl (C=O) groups is 1. The summed E-state index contributed by atoms with van der Waals surface area (Å²) in [7, 11) is 0. The van der Waals surface area contributed by atoms with Gasteiger partial charge in [-0.05, 0) is 25.0 Å². The number of carbonyl (C=O) groups excluding carboxylic acids is 1. The van der Waals surface area contributed by atoms with E-state index in [0.717, 1.165) is 6.42 Å². The molecule has 1 atom stereocenters. The third-order valence-corrected chi connectivity index (χ3v) is 3.94. The lowest BCUT2D eigenvalue weighted by molar-refractivity contribution is -0.384. The van der Waals surface area contributed by atoms with Crippen LogP contribution in [-0.4, -0.2) is 33.4 Å². The molecule has 3 rings (SSSR count). The smallest absolute Gasteiger partial charge is 0.312 e. The van der Waals surface area contributed by atoms with E-state index in [9.17, 15) is 14.9 Å². The number of nitrogens with one attached hydrogen (secondary N) is 1. The van der Waals surface area contributed by atoms with E-state index in [1.807, 2.05) is 0 Å². The number of rotatable bonds is 4. The van der Waals surface area contributed by atoms with Gasteiger partial charge >= 0.3 is 5.69 Å². The van der Waals surface area contributed by atoms with Gasteiger partial charge in [0.05, 0.1) is 21.8 Å². The third-order valence-electron chi connectivity index (χ3n) is 3.74. The Balaban J connectivity index is 1.83. The van der Waals surface area contributed by atoms with E-state index in [0.29, 0.717) is 18.7 Å². The lowest BCUT2D eigenvalue weighted by atomic mass is 10.0. The number of amides is 1. The number of hydrogen-bond acceptors (Lipinski definition) is 6. The molecule has 124 valence electrons. The minimum atomic E-state index is -0.591. The number of pyridine rings is 2. The highest BCUT2D eigenvalue weighted by molar-refractivity contribution is 6.30. The molecule has 0 bridgehead atoms. The van der Waals surface area contributed by atoms with Gasteiger partial charge in [0.15, 0.2) is 0 Å². The summed E-state index contributed by atoms with van der Waals surface area (Å²) in [6.07, 6.45) is 5.89. The van der Waals surface area contributed by atoms with Crippen LogP contribution in [0.15, 0.2) is 36.8 Å². The maximum atomic E-state index is 12.7. The van der Waals surface area contributed by atoms with E-state index in [1.54, 1.807) is 29.4 Å². The molecule has 3 heterocycles. The molecule has 2 aromatic rings. The lowest BCUT2D eigenvalue weighted by Crippen LogP contribution is -2.48. The molecular formula is C15H14ClN5O3. The van der Waals surface area contributed by atoms with Crippen LogP contribution in [0.2, 0.25) is 5.02 Å². The van der Waals surface area contributed by atoms with Gasteiger partial charge in [-0.25, -0.2) is 4.98 Å². The number of aromatic nitrogens is 2. The molecule has 1 aliphatic rings. The molecule has 9 heteroatoms. The van der Waals surface area contributed by atoms with Crippen LogP contribution in [0.25, 0.3) is 0 Å². The van der Waals surface area contributed by atoms with Crippen LogP contribution < -0.4 is 10.2 Å². The Morgan fingerprint density at radius 2 is 2.25 bits per heavy atom. The van der Waals surface area contributed by atoms with Crippen molar-refractivity contribution < 1.29 is 9.72 Å². The van der Waals surface area contributed by atoms with Crippen molar-refractivity contribution >= 4 is 34.7 Å². The molecule has 0 aromatic carbocycles. The van der Waals surface area contributed by atoms with Gasteiger partial charge in [-0.2, -0.15) is 0 Å². The van der Waals surface area contributed by atoms with Crippen molar-refractivity contribution in [2.24, 2.45) is 0 Å². The summed E-state index contributed by atoms with van der Waals surface area (Å²) in [6, 6.07) is 4.18. The van der Waals surface area contributed by atoms with Crippen molar-refractivity contribution in [3.63, 3.8) is 0 Å². The topological polar surface area (TPSA) is 101 Å². The predicted octanol–water partition coefficient (Wildman–Crippen LogP) is 2.65. The Labute approximate surface area is 142 Å². The van der Waals surface area contributed by atoms with Crippen LogP contribution in [0.3, 0.4) is 0 Å². The molecule has 1 N–H and O–H groups in total. The predicted molar refractivity (Wildman–Crippen MR) is 89.1 cm³/mol. The zero-order chi connectivity index (χ0) is 17.1. The van der Waals surface area contributed by atoms with E-state index < -0.39 is 11.0 Å². The maximum Gasteiger partial charge on any atom is 0.312 e. The Hall–Kier alpha value is -2.74. The number of anilines is 2. The average Bonchev–Trinajstić information content (AvgIpc) is 2.59. The van der Waals surface area contributed by atoms with Crippen LogP contribution in [0, 0.1) is 10.1 Å². The lowest BCUT2D eigenvalue weighted by Gasteiger charge is -2.32. The van der Waals surface area contributed by atoms with E-state index in [4.69, 9.17) is 11.6 Å². The summed E-state index contributed by atoms with van der Waals surface area (Å²) in [5.41, 5.74) is 0.446. The fourth-order valence-corrected chi connectivity index (χ4v) is 2.78. The van der Waals surface area contributed by atoms with E-state index in [-0.39, 0.29) is 22.4 Å². The van der Waals surface area contributed by atoms with Crippen molar-refractivity contribution in [3.8, 4) is 0 Å². The second-order valence-electron chi connectivity index (χ2n) is 5.32. The van der Waals surface area contributed by atoms with E-state index >= 15 is 0 Å².